The van der Waals surface area contributed by atoms with Crippen LogP contribution in [0.5, 0.6) is 11.5 Å². The van der Waals surface area contributed by atoms with Crippen molar-refractivity contribution in [3.05, 3.63) is 70.2 Å². The summed E-state index contributed by atoms with van der Waals surface area (Å²) in [5.74, 6) is -8.26. The molecular weight excluding hydrogens is 638 g/mol. The number of ketones is 2. The normalized spacial score (nSPS) is 34.7. The van der Waals surface area contributed by atoms with Gasteiger partial charge in [-0.1, -0.05) is 45.9 Å². The van der Waals surface area contributed by atoms with Crippen LogP contribution in [0.25, 0.3) is 0 Å². The number of ether oxygens (including phenoxy) is 3. The van der Waals surface area contributed by atoms with Gasteiger partial charge in [-0.3, -0.25) is 19.2 Å². The Morgan fingerprint density at radius 2 is 1.55 bits per heavy atom. The highest BCUT2D eigenvalue weighted by atomic mass is 16.7. The largest absolute Gasteiger partial charge is 0.507 e. The van der Waals surface area contributed by atoms with Gasteiger partial charge in [0.2, 0.25) is 11.7 Å². The number of hydrogen-bond donors (Lipinski definition) is 6. The van der Waals surface area contributed by atoms with Crippen LogP contribution < -0.4 is 10.1 Å². The van der Waals surface area contributed by atoms with Crippen LogP contribution >= 0.6 is 0 Å². The van der Waals surface area contributed by atoms with Gasteiger partial charge in [-0.05, 0) is 19.9 Å². The SMILES string of the molecule is CC(=O)O[C@H]1[C@H](C)[C@H](O)[C@H](C)[C@@H](O)[C@@H](C)C=CC=CC(=O)NC2=C(C)C(=O)c3c(c(O)c(C)c4c3[C@H](O)[C@](C)(O/C=C/[C@H](O)[C@H]1C)O4)C2=O. The van der Waals surface area contributed by atoms with Crippen LogP contribution in [0.15, 0.2) is 47.9 Å². The van der Waals surface area contributed by atoms with Crippen molar-refractivity contribution in [2.75, 3.05) is 0 Å². The summed E-state index contributed by atoms with van der Waals surface area (Å²) in [4.78, 5) is 52.3. The number of aliphatic hydroxyl groups excluding tert-OH is 4. The van der Waals surface area contributed by atoms with Crippen molar-refractivity contribution in [2.45, 2.75) is 91.7 Å². The minimum absolute atomic E-state index is 0.0435. The summed E-state index contributed by atoms with van der Waals surface area (Å²) in [6.45, 7) is 11.9. The smallest absolute Gasteiger partial charge is 0.302 e. The monoisotopic (exact) mass is 683 g/mol. The number of esters is 1. The summed E-state index contributed by atoms with van der Waals surface area (Å²) in [6, 6.07) is 0. The number of phenols is 1. The van der Waals surface area contributed by atoms with Crippen LogP contribution in [0.4, 0.5) is 0 Å². The molecule has 1 amide bonds. The molecule has 3 heterocycles. The van der Waals surface area contributed by atoms with Gasteiger partial charge in [-0.25, -0.2) is 0 Å². The molecule has 13 heteroatoms. The number of phenolic OH excluding ortho intramolecular Hbond substituents is 1. The van der Waals surface area contributed by atoms with Gasteiger partial charge in [0.1, 0.15) is 17.6 Å². The number of benzene rings is 1. The average molecular weight is 684 g/mol. The van der Waals surface area contributed by atoms with Crippen molar-refractivity contribution in [1.29, 1.82) is 0 Å². The van der Waals surface area contributed by atoms with E-state index in [9.17, 15) is 44.7 Å². The van der Waals surface area contributed by atoms with E-state index in [1.165, 1.54) is 45.9 Å². The molecule has 1 aromatic carbocycles. The maximum Gasteiger partial charge on any atom is 0.302 e. The zero-order valence-electron chi connectivity index (χ0n) is 28.8. The molecule has 0 saturated heterocycles. The van der Waals surface area contributed by atoms with Gasteiger partial charge >= 0.3 is 5.97 Å². The van der Waals surface area contributed by atoms with Gasteiger partial charge in [0.05, 0.1) is 35.8 Å². The summed E-state index contributed by atoms with van der Waals surface area (Å²) < 4.78 is 17.3. The molecule has 0 saturated carbocycles. The van der Waals surface area contributed by atoms with Gasteiger partial charge in [0.25, 0.3) is 5.79 Å². The molecule has 266 valence electrons. The topological polar surface area (TPSA) is 209 Å². The molecule has 0 radical (unpaired) electrons. The number of allylic oxidation sites excluding steroid dienone is 4. The van der Waals surface area contributed by atoms with Crippen molar-refractivity contribution in [3.8, 4) is 11.5 Å². The molecule has 13 nitrogen and oxygen atoms in total. The third-order valence-electron chi connectivity index (χ3n) is 9.80. The fourth-order valence-corrected chi connectivity index (χ4v) is 6.59. The molecule has 0 fully saturated rings. The molecule has 1 aliphatic carbocycles. The van der Waals surface area contributed by atoms with Crippen LogP contribution in [-0.2, 0) is 19.1 Å². The highest BCUT2D eigenvalue weighted by molar-refractivity contribution is 6.29. The second-order valence-electron chi connectivity index (χ2n) is 13.3. The van der Waals surface area contributed by atoms with Gasteiger partial charge in [-0.2, -0.15) is 0 Å². The third-order valence-corrected chi connectivity index (χ3v) is 9.80. The van der Waals surface area contributed by atoms with Crippen molar-refractivity contribution < 1.29 is 58.9 Å². The van der Waals surface area contributed by atoms with E-state index >= 15 is 0 Å². The van der Waals surface area contributed by atoms with Crippen LogP contribution in [-0.4, -0.2) is 79.2 Å². The Morgan fingerprint density at radius 3 is 2.18 bits per heavy atom. The first kappa shape index (κ1) is 37.5. The minimum Gasteiger partial charge on any atom is -0.507 e. The number of fused-ring (bicyclic) bond motifs is 14. The molecule has 4 aliphatic rings. The van der Waals surface area contributed by atoms with Gasteiger partial charge < -0.3 is 45.1 Å². The number of hydrogen-bond acceptors (Lipinski definition) is 12. The van der Waals surface area contributed by atoms with Crippen LogP contribution in [0.2, 0.25) is 0 Å². The Balaban J connectivity index is 1.81. The summed E-state index contributed by atoms with van der Waals surface area (Å²) in [6.07, 6.45) is 1.70. The Labute approximate surface area is 284 Å². The molecule has 5 bridgehead atoms. The Morgan fingerprint density at radius 1 is 0.898 bits per heavy atom. The maximum absolute atomic E-state index is 13.7. The quantitative estimate of drug-likeness (QED) is 0.236. The fraction of sp³-hybridized carbons (Fsp3) is 0.500. The van der Waals surface area contributed by atoms with E-state index in [2.05, 4.69) is 5.32 Å². The van der Waals surface area contributed by atoms with E-state index in [0.717, 1.165) is 12.3 Å². The van der Waals surface area contributed by atoms with Crippen molar-refractivity contribution >= 4 is 23.4 Å². The van der Waals surface area contributed by atoms with Crippen LogP contribution in [0.1, 0.15) is 86.4 Å². The van der Waals surface area contributed by atoms with Gasteiger partial charge in [-0.15, -0.1) is 0 Å². The predicted octanol–water partition coefficient (Wildman–Crippen LogP) is 2.83. The zero-order valence-corrected chi connectivity index (χ0v) is 28.8. The number of aromatic hydroxyl groups is 1. The van der Waals surface area contributed by atoms with Crippen molar-refractivity contribution in [1.82, 2.24) is 5.32 Å². The zero-order chi connectivity index (χ0) is 36.7. The molecule has 5 rings (SSSR count). The predicted molar refractivity (Wildman–Crippen MR) is 175 cm³/mol. The average Bonchev–Trinajstić information content (AvgIpc) is 3.31. The van der Waals surface area contributed by atoms with E-state index in [1.54, 1.807) is 33.8 Å². The standard InChI is InChI=1S/C36H45NO12/c1-15-11-9-10-12-23(40)37-27-17(3)30(43)24-25(32(27)45)31(44)20(6)34-26(24)35(46)36(8,49-34)47-14-13-22(39)16(2)33(48-21(7)38)19(5)29(42)18(4)28(15)41/h9-16,18-19,22,28-29,33,35,39,41-42,44,46H,1-8H3,(H,37,40)/b11-9?,12-10?,14-13+/t15-,16+,18+,19+,22-,28-,29+,33+,35-,36+/m0/s1. The number of aliphatic hydroxyl groups is 4. The summed E-state index contributed by atoms with van der Waals surface area (Å²) in [5, 5.41) is 58.4. The van der Waals surface area contributed by atoms with E-state index < -0.39 is 94.7 Å². The minimum atomic E-state index is -1.89. The lowest BCUT2D eigenvalue weighted by atomic mass is 9.78. The van der Waals surface area contributed by atoms with Crippen LogP contribution in [0.3, 0.4) is 0 Å². The summed E-state index contributed by atoms with van der Waals surface area (Å²) in [7, 11) is 0. The number of rotatable bonds is 1. The second kappa shape index (κ2) is 14.3. The first-order valence-electron chi connectivity index (χ1n) is 16.1. The number of carbonyl (C=O) groups excluding carboxylic acids is 4. The van der Waals surface area contributed by atoms with E-state index in [-0.39, 0.29) is 33.7 Å². The second-order valence-corrected chi connectivity index (χ2v) is 13.3. The number of nitrogens with one attached hydrogen (secondary N) is 1. The van der Waals surface area contributed by atoms with Crippen LogP contribution in [0, 0.1) is 30.6 Å². The fourth-order valence-electron chi connectivity index (χ4n) is 6.59. The molecule has 6 N–H and O–H groups in total. The number of amides is 1. The Bertz CT molecular complexity index is 1660. The molecule has 0 unspecified atom stereocenters. The Kier molecular flexibility index (Phi) is 10.9. The molecular formula is C36H45NO12. The highest BCUT2D eigenvalue weighted by Crippen LogP contribution is 2.53. The molecule has 10 atom stereocenters. The lowest BCUT2D eigenvalue weighted by Crippen LogP contribution is -2.46. The van der Waals surface area contributed by atoms with E-state index in [0.29, 0.717) is 0 Å². The highest BCUT2D eigenvalue weighted by Gasteiger charge is 2.52. The molecule has 0 aromatic heterocycles. The van der Waals surface area contributed by atoms with Gasteiger partial charge in [0.15, 0.2) is 11.9 Å². The maximum atomic E-state index is 13.7. The lowest BCUT2D eigenvalue weighted by Gasteiger charge is -2.37. The van der Waals surface area contributed by atoms with Crippen molar-refractivity contribution in [2.24, 2.45) is 23.7 Å². The third kappa shape index (κ3) is 6.93. The summed E-state index contributed by atoms with van der Waals surface area (Å²) in [5.41, 5.74) is -1.21. The first-order chi connectivity index (χ1) is 22.8. The number of carbonyl (C=O) groups is 4. The van der Waals surface area contributed by atoms with E-state index in [4.69, 9.17) is 14.2 Å². The van der Waals surface area contributed by atoms with Crippen molar-refractivity contribution in [3.63, 3.8) is 0 Å². The molecule has 0 spiro atoms. The first-order valence-corrected chi connectivity index (χ1v) is 16.1. The number of Topliss-reactive ketones (excluding diaryl/α,β-unsaturated/α-hetero) is 2. The van der Waals surface area contributed by atoms with Gasteiger partial charge in [0, 0.05) is 65.9 Å². The molecule has 1 aromatic rings. The van der Waals surface area contributed by atoms with E-state index in [1.807, 2.05) is 0 Å². The molecule has 3 aliphatic heterocycles. The molecule has 49 heavy (non-hydrogen) atoms. The lowest BCUT2D eigenvalue weighted by molar-refractivity contribution is -0.181. The Hall–Kier alpha value is -4.30. The summed E-state index contributed by atoms with van der Waals surface area (Å²) >= 11 is 0.